The van der Waals surface area contributed by atoms with Crippen molar-refractivity contribution in [3.63, 3.8) is 0 Å². The zero-order valence-corrected chi connectivity index (χ0v) is 18.3. The van der Waals surface area contributed by atoms with Gasteiger partial charge in [-0.2, -0.15) is 0 Å². The maximum absolute atomic E-state index is 12.3. The van der Waals surface area contributed by atoms with Crippen LogP contribution in [0.1, 0.15) is 64.4 Å². The van der Waals surface area contributed by atoms with Gasteiger partial charge in [-0.05, 0) is 42.4 Å². The van der Waals surface area contributed by atoms with E-state index in [2.05, 4.69) is 17.0 Å². The first-order chi connectivity index (χ1) is 13.7. The first-order valence-electron chi connectivity index (χ1n) is 10.2. The van der Waals surface area contributed by atoms with Gasteiger partial charge in [0.15, 0.2) is 6.61 Å². The molecule has 2 atom stereocenters. The van der Waals surface area contributed by atoms with Crippen molar-refractivity contribution in [3.8, 4) is 0 Å². The first kappa shape index (κ1) is 23.3. The van der Waals surface area contributed by atoms with E-state index in [9.17, 15) is 18.0 Å². The predicted octanol–water partition coefficient (Wildman–Crippen LogP) is 2.72. The lowest BCUT2D eigenvalue weighted by atomic mass is 9.86. The van der Waals surface area contributed by atoms with Crippen LogP contribution in [0.15, 0.2) is 29.2 Å². The molecule has 0 aliphatic heterocycles. The highest BCUT2D eigenvalue weighted by atomic mass is 32.2. The fraction of sp³-hybridized carbons (Fsp3) is 0.619. The zero-order chi connectivity index (χ0) is 21.4. The highest BCUT2D eigenvalue weighted by molar-refractivity contribution is 7.89. The summed E-state index contributed by atoms with van der Waals surface area (Å²) in [7, 11) is -3.69. The van der Waals surface area contributed by atoms with E-state index in [0.29, 0.717) is 11.8 Å². The van der Waals surface area contributed by atoms with E-state index < -0.39 is 16.0 Å². The monoisotopic (exact) mass is 424 g/mol. The van der Waals surface area contributed by atoms with E-state index in [4.69, 9.17) is 4.74 Å². The third-order valence-electron chi connectivity index (χ3n) is 5.30. The van der Waals surface area contributed by atoms with Crippen molar-refractivity contribution >= 4 is 21.9 Å². The Morgan fingerprint density at radius 1 is 1.14 bits per heavy atom. The Hall–Kier alpha value is -1.93. The summed E-state index contributed by atoms with van der Waals surface area (Å²) >= 11 is 0. The summed E-state index contributed by atoms with van der Waals surface area (Å²) in [6.45, 7) is 5.74. The second kappa shape index (κ2) is 10.7. The van der Waals surface area contributed by atoms with Crippen LogP contribution in [-0.2, 0) is 24.3 Å². The number of ether oxygens (including phenoxy) is 1. The van der Waals surface area contributed by atoms with Gasteiger partial charge >= 0.3 is 5.97 Å². The highest BCUT2D eigenvalue weighted by Crippen LogP contribution is 2.23. The molecule has 0 bridgehead atoms. The fourth-order valence-electron chi connectivity index (χ4n) is 3.40. The van der Waals surface area contributed by atoms with Gasteiger partial charge in [-0.25, -0.2) is 13.1 Å². The Kier molecular flexibility index (Phi) is 8.64. The van der Waals surface area contributed by atoms with Gasteiger partial charge in [-0.15, -0.1) is 0 Å². The van der Waals surface area contributed by atoms with Crippen molar-refractivity contribution < 1.29 is 22.7 Å². The summed E-state index contributed by atoms with van der Waals surface area (Å²) in [6, 6.07) is 6.78. The van der Waals surface area contributed by atoms with Gasteiger partial charge in [0.05, 0.1) is 11.3 Å². The van der Waals surface area contributed by atoms with Gasteiger partial charge in [-0.1, -0.05) is 45.7 Å². The number of sulfonamides is 1. The maximum atomic E-state index is 12.3. The number of benzene rings is 1. The number of esters is 1. The molecule has 0 spiro atoms. The van der Waals surface area contributed by atoms with Gasteiger partial charge in [-0.3, -0.25) is 9.59 Å². The molecular formula is C21H32N2O5S. The molecule has 1 aliphatic carbocycles. The molecule has 1 fully saturated rings. The third-order valence-corrected chi connectivity index (χ3v) is 6.78. The molecule has 1 amide bonds. The molecule has 0 saturated heterocycles. The molecule has 29 heavy (non-hydrogen) atoms. The summed E-state index contributed by atoms with van der Waals surface area (Å²) in [6.07, 6.45) is 4.16. The molecule has 8 heteroatoms. The van der Waals surface area contributed by atoms with Crippen LogP contribution in [0.3, 0.4) is 0 Å². The molecule has 7 nitrogen and oxygen atoms in total. The molecule has 0 heterocycles. The minimum Gasteiger partial charge on any atom is -0.456 e. The summed E-state index contributed by atoms with van der Waals surface area (Å²) < 4.78 is 31.9. The molecule has 1 aliphatic rings. The van der Waals surface area contributed by atoms with E-state index in [-0.39, 0.29) is 36.4 Å². The van der Waals surface area contributed by atoms with Crippen molar-refractivity contribution in [2.24, 2.45) is 5.92 Å². The lowest BCUT2D eigenvalue weighted by molar-refractivity contribution is -0.148. The smallest absolute Gasteiger partial charge is 0.307 e. The van der Waals surface area contributed by atoms with Crippen molar-refractivity contribution in [1.82, 2.24) is 10.0 Å². The van der Waals surface area contributed by atoms with Crippen molar-refractivity contribution in [2.45, 2.75) is 69.7 Å². The van der Waals surface area contributed by atoms with Crippen LogP contribution < -0.4 is 10.0 Å². The van der Waals surface area contributed by atoms with Crippen LogP contribution in [0.2, 0.25) is 0 Å². The first-order valence-corrected chi connectivity index (χ1v) is 11.7. The summed E-state index contributed by atoms with van der Waals surface area (Å²) in [5.41, 5.74) is 1.05. The van der Waals surface area contributed by atoms with Crippen LogP contribution in [0.5, 0.6) is 0 Å². The number of nitrogens with one attached hydrogen (secondary N) is 2. The fourth-order valence-corrected chi connectivity index (χ4v) is 4.43. The van der Waals surface area contributed by atoms with E-state index in [1.54, 1.807) is 24.3 Å². The van der Waals surface area contributed by atoms with Gasteiger partial charge in [0.1, 0.15) is 0 Å². The minimum atomic E-state index is -3.69. The average molecular weight is 425 g/mol. The lowest BCUT2D eigenvalue weighted by Gasteiger charge is -2.29. The standard InChI is InChI=1S/C21H32N2O5S/c1-15(2)17-8-10-18(11-9-17)29(26,27)22-13-12-21(25)28-14-20(24)23-19-7-5-4-6-16(19)3/h8-11,15-16,19,22H,4-7,12-14H2,1-3H3,(H,23,24)/t16-,19+/m1/s1. The Labute approximate surface area is 173 Å². The Bertz CT molecular complexity index is 790. The van der Waals surface area contributed by atoms with Crippen LogP contribution in [0, 0.1) is 5.92 Å². The molecule has 2 rings (SSSR count). The third kappa shape index (κ3) is 7.44. The van der Waals surface area contributed by atoms with Crippen LogP contribution in [0.4, 0.5) is 0 Å². The Balaban J connectivity index is 1.71. The normalized spacial score (nSPS) is 19.7. The number of carbonyl (C=O) groups is 2. The van der Waals surface area contributed by atoms with E-state index in [1.165, 1.54) is 6.42 Å². The van der Waals surface area contributed by atoms with Crippen molar-refractivity contribution in [2.75, 3.05) is 13.2 Å². The number of rotatable bonds is 9. The van der Waals surface area contributed by atoms with Gasteiger partial charge in [0.25, 0.3) is 5.91 Å². The average Bonchev–Trinajstić information content (AvgIpc) is 2.68. The van der Waals surface area contributed by atoms with Crippen LogP contribution >= 0.6 is 0 Å². The van der Waals surface area contributed by atoms with Crippen molar-refractivity contribution in [1.29, 1.82) is 0 Å². The molecule has 0 unspecified atom stereocenters. The maximum Gasteiger partial charge on any atom is 0.307 e. The second-order valence-corrected chi connectivity index (χ2v) is 9.73. The molecule has 1 aromatic carbocycles. The Morgan fingerprint density at radius 2 is 1.79 bits per heavy atom. The molecule has 0 radical (unpaired) electrons. The number of hydrogen-bond donors (Lipinski definition) is 2. The topological polar surface area (TPSA) is 102 Å². The molecule has 162 valence electrons. The largest absolute Gasteiger partial charge is 0.456 e. The van der Waals surface area contributed by atoms with Gasteiger partial charge < -0.3 is 10.1 Å². The van der Waals surface area contributed by atoms with E-state index in [0.717, 1.165) is 24.8 Å². The van der Waals surface area contributed by atoms with Crippen LogP contribution in [-0.4, -0.2) is 39.5 Å². The number of carbonyl (C=O) groups excluding carboxylic acids is 2. The quantitative estimate of drug-likeness (QED) is 0.594. The van der Waals surface area contributed by atoms with Gasteiger partial charge in [0, 0.05) is 12.6 Å². The molecule has 1 aromatic rings. The SMILES string of the molecule is CC(C)c1ccc(S(=O)(=O)NCCC(=O)OCC(=O)N[C@H]2CCCC[C@H]2C)cc1. The Morgan fingerprint density at radius 3 is 2.41 bits per heavy atom. The number of hydrogen-bond acceptors (Lipinski definition) is 5. The van der Waals surface area contributed by atoms with Crippen LogP contribution in [0.25, 0.3) is 0 Å². The molecule has 0 aromatic heterocycles. The molecular weight excluding hydrogens is 392 g/mol. The molecule has 2 N–H and O–H groups in total. The van der Waals surface area contributed by atoms with Gasteiger partial charge in [0.2, 0.25) is 10.0 Å². The summed E-state index contributed by atoms with van der Waals surface area (Å²) in [5.74, 6) is -0.196. The van der Waals surface area contributed by atoms with E-state index >= 15 is 0 Å². The second-order valence-electron chi connectivity index (χ2n) is 7.97. The van der Waals surface area contributed by atoms with Crippen molar-refractivity contribution in [3.05, 3.63) is 29.8 Å². The molecule has 1 saturated carbocycles. The highest BCUT2D eigenvalue weighted by Gasteiger charge is 2.23. The minimum absolute atomic E-state index is 0.0889. The summed E-state index contributed by atoms with van der Waals surface area (Å²) in [4.78, 5) is 23.9. The zero-order valence-electron chi connectivity index (χ0n) is 17.4. The van der Waals surface area contributed by atoms with E-state index in [1.807, 2.05) is 13.8 Å². The summed E-state index contributed by atoms with van der Waals surface area (Å²) in [5, 5.41) is 2.91. The predicted molar refractivity (Wildman–Crippen MR) is 111 cm³/mol. The lowest BCUT2D eigenvalue weighted by Crippen LogP contribution is -2.43. The number of amides is 1.